The Bertz CT molecular complexity index is 926. The van der Waals surface area contributed by atoms with E-state index in [0.29, 0.717) is 18.7 Å². The molecular weight excluding hydrogens is 374 g/mol. The number of amides is 2. The molecule has 2 amide bonds. The van der Waals surface area contributed by atoms with Crippen LogP contribution >= 0.6 is 0 Å². The first-order chi connectivity index (χ1) is 14.6. The first-order valence-electron chi connectivity index (χ1n) is 11.1. The number of unbranched alkanes of at least 4 members (excludes halogenated alkanes) is 1. The molecular formula is C25H31N3O2. The highest BCUT2D eigenvalue weighted by Crippen LogP contribution is 2.45. The van der Waals surface area contributed by atoms with Crippen LogP contribution in [-0.4, -0.2) is 54.8 Å². The lowest BCUT2D eigenvalue weighted by molar-refractivity contribution is -0.124. The summed E-state index contributed by atoms with van der Waals surface area (Å²) in [6, 6.07) is 15.6. The van der Waals surface area contributed by atoms with E-state index in [1.54, 1.807) is 0 Å². The minimum absolute atomic E-state index is 0.00513. The lowest BCUT2D eigenvalue weighted by Gasteiger charge is -2.45. The molecule has 1 N–H and O–H groups in total. The average molecular weight is 406 g/mol. The van der Waals surface area contributed by atoms with Crippen LogP contribution in [0.1, 0.15) is 58.8 Å². The van der Waals surface area contributed by atoms with Crippen LogP contribution in [-0.2, 0) is 11.2 Å². The zero-order valence-corrected chi connectivity index (χ0v) is 17.9. The molecule has 0 fully saturated rings. The lowest BCUT2D eigenvalue weighted by atomic mass is 9.76. The zero-order valence-electron chi connectivity index (χ0n) is 17.9. The van der Waals surface area contributed by atoms with Crippen molar-refractivity contribution >= 4 is 11.8 Å². The Morgan fingerprint density at radius 3 is 2.63 bits per heavy atom. The molecule has 0 bridgehead atoms. The van der Waals surface area contributed by atoms with Crippen LogP contribution in [0.3, 0.4) is 0 Å². The SMILES string of the molecule is CCCCN(C)CCNC(=O)[C@H]1c2ccccc2C(=O)N2CCc3ccccc3[C@H]12. The fourth-order valence-electron chi connectivity index (χ4n) is 4.78. The average Bonchev–Trinajstić information content (AvgIpc) is 2.77. The number of nitrogens with one attached hydrogen (secondary N) is 1. The number of likely N-dealkylation sites (N-methyl/N-ethyl adjacent to an activating group) is 1. The number of hydrogen-bond donors (Lipinski definition) is 1. The van der Waals surface area contributed by atoms with Gasteiger partial charge in [0.05, 0.1) is 12.0 Å². The number of fused-ring (bicyclic) bond motifs is 4. The van der Waals surface area contributed by atoms with Crippen molar-refractivity contribution in [2.45, 2.75) is 38.1 Å². The van der Waals surface area contributed by atoms with Crippen molar-refractivity contribution in [3.8, 4) is 0 Å². The summed E-state index contributed by atoms with van der Waals surface area (Å²) in [7, 11) is 2.09. The molecule has 5 heteroatoms. The largest absolute Gasteiger partial charge is 0.354 e. The van der Waals surface area contributed by atoms with Crippen molar-refractivity contribution < 1.29 is 9.59 Å². The number of benzene rings is 2. The van der Waals surface area contributed by atoms with Gasteiger partial charge in [0.1, 0.15) is 0 Å². The molecule has 2 aliphatic heterocycles. The Morgan fingerprint density at radius 1 is 1.10 bits per heavy atom. The molecule has 0 radical (unpaired) electrons. The first kappa shape index (κ1) is 20.6. The maximum absolute atomic E-state index is 13.5. The normalized spacial score (nSPS) is 19.8. The number of rotatable bonds is 7. The van der Waals surface area contributed by atoms with E-state index in [2.05, 4.69) is 36.3 Å². The monoisotopic (exact) mass is 405 g/mol. The molecule has 0 saturated heterocycles. The summed E-state index contributed by atoms with van der Waals surface area (Å²) >= 11 is 0. The zero-order chi connectivity index (χ0) is 21.1. The first-order valence-corrected chi connectivity index (χ1v) is 11.1. The van der Waals surface area contributed by atoms with Crippen LogP contribution < -0.4 is 5.32 Å². The number of hydrogen-bond acceptors (Lipinski definition) is 3. The molecule has 0 aliphatic carbocycles. The lowest BCUT2D eigenvalue weighted by Crippen LogP contribution is -2.50. The second-order valence-corrected chi connectivity index (χ2v) is 8.40. The summed E-state index contributed by atoms with van der Waals surface area (Å²) in [5.74, 6) is -0.347. The van der Waals surface area contributed by atoms with Crippen molar-refractivity contribution in [3.05, 3.63) is 70.8 Å². The summed E-state index contributed by atoms with van der Waals surface area (Å²) in [6.07, 6.45) is 3.16. The second kappa shape index (κ2) is 9.00. The van der Waals surface area contributed by atoms with E-state index in [-0.39, 0.29) is 23.8 Å². The van der Waals surface area contributed by atoms with Crippen molar-refractivity contribution in [3.63, 3.8) is 0 Å². The third-order valence-electron chi connectivity index (χ3n) is 6.40. The minimum atomic E-state index is -0.388. The molecule has 0 saturated carbocycles. The van der Waals surface area contributed by atoms with E-state index >= 15 is 0 Å². The van der Waals surface area contributed by atoms with Crippen LogP contribution in [0.4, 0.5) is 0 Å². The van der Waals surface area contributed by atoms with E-state index in [9.17, 15) is 9.59 Å². The highest BCUT2D eigenvalue weighted by atomic mass is 16.2. The van der Waals surface area contributed by atoms with Gasteiger partial charge in [-0.05, 0) is 49.2 Å². The molecule has 0 unspecified atom stereocenters. The van der Waals surface area contributed by atoms with Gasteiger partial charge < -0.3 is 15.1 Å². The van der Waals surface area contributed by atoms with Crippen LogP contribution in [0.2, 0.25) is 0 Å². The topological polar surface area (TPSA) is 52.7 Å². The Morgan fingerprint density at radius 2 is 1.83 bits per heavy atom. The molecule has 0 aromatic heterocycles. The van der Waals surface area contributed by atoms with Gasteiger partial charge in [0.15, 0.2) is 0 Å². The van der Waals surface area contributed by atoms with Gasteiger partial charge in [0.2, 0.25) is 5.91 Å². The van der Waals surface area contributed by atoms with Gasteiger partial charge in [0, 0.05) is 25.2 Å². The van der Waals surface area contributed by atoms with E-state index in [1.807, 2.05) is 41.3 Å². The Labute approximate surface area is 179 Å². The predicted octanol–water partition coefficient (Wildman–Crippen LogP) is 3.37. The molecule has 2 aromatic rings. The Balaban J connectivity index is 1.61. The van der Waals surface area contributed by atoms with Gasteiger partial charge >= 0.3 is 0 Å². The van der Waals surface area contributed by atoms with Crippen molar-refractivity contribution in [2.75, 3.05) is 33.2 Å². The molecule has 30 heavy (non-hydrogen) atoms. The van der Waals surface area contributed by atoms with Crippen molar-refractivity contribution in [2.24, 2.45) is 0 Å². The quantitative estimate of drug-likeness (QED) is 0.768. The summed E-state index contributed by atoms with van der Waals surface area (Å²) in [4.78, 5) is 30.8. The van der Waals surface area contributed by atoms with Gasteiger partial charge in [-0.25, -0.2) is 0 Å². The fraction of sp³-hybridized carbons (Fsp3) is 0.440. The highest BCUT2D eigenvalue weighted by molar-refractivity contribution is 6.01. The van der Waals surface area contributed by atoms with E-state index in [1.165, 1.54) is 12.0 Å². The molecule has 0 spiro atoms. The summed E-state index contributed by atoms with van der Waals surface area (Å²) in [5.41, 5.74) is 3.85. The van der Waals surface area contributed by atoms with Crippen LogP contribution in [0.25, 0.3) is 0 Å². The number of nitrogens with zero attached hydrogens (tertiary/aromatic N) is 2. The van der Waals surface area contributed by atoms with E-state index < -0.39 is 0 Å². The van der Waals surface area contributed by atoms with Crippen LogP contribution in [0, 0.1) is 0 Å². The third kappa shape index (κ3) is 3.86. The minimum Gasteiger partial charge on any atom is -0.354 e. The highest BCUT2D eigenvalue weighted by Gasteiger charge is 2.45. The number of carbonyl (C=O) groups is 2. The van der Waals surface area contributed by atoms with Gasteiger partial charge in [-0.15, -0.1) is 0 Å². The molecule has 4 rings (SSSR count). The second-order valence-electron chi connectivity index (χ2n) is 8.40. The Hall–Kier alpha value is -2.66. The fourth-order valence-corrected chi connectivity index (χ4v) is 4.78. The van der Waals surface area contributed by atoms with Crippen molar-refractivity contribution in [1.82, 2.24) is 15.1 Å². The standard InChI is InChI=1S/C25H31N3O2/c1-3-4-15-27(2)17-14-26-24(29)22-20-11-7-8-12-21(20)25(30)28-16-13-18-9-5-6-10-19(18)23(22)28/h5-12,22-23H,3-4,13-17H2,1-2H3,(H,26,29)/t22-,23+/m0/s1. The molecule has 2 aliphatic rings. The summed E-state index contributed by atoms with van der Waals surface area (Å²) in [5, 5.41) is 3.16. The van der Waals surface area contributed by atoms with Crippen LogP contribution in [0.5, 0.6) is 0 Å². The smallest absolute Gasteiger partial charge is 0.254 e. The third-order valence-corrected chi connectivity index (χ3v) is 6.40. The number of carbonyl (C=O) groups excluding carboxylic acids is 2. The molecule has 158 valence electrons. The molecule has 2 aromatic carbocycles. The summed E-state index contributed by atoms with van der Waals surface area (Å²) in [6.45, 7) is 5.31. The molecule has 5 nitrogen and oxygen atoms in total. The van der Waals surface area contributed by atoms with E-state index in [4.69, 9.17) is 0 Å². The van der Waals surface area contributed by atoms with Gasteiger partial charge in [0.25, 0.3) is 5.91 Å². The van der Waals surface area contributed by atoms with Gasteiger partial charge in [-0.3, -0.25) is 9.59 Å². The molecule has 2 atom stereocenters. The maximum Gasteiger partial charge on any atom is 0.254 e. The predicted molar refractivity (Wildman–Crippen MR) is 119 cm³/mol. The van der Waals surface area contributed by atoms with Crippen LogP contribution in [0.15, 0.2) is 48.5 Å². The van der Waals surface area contributed by atoms with Gasteiger partial charge in [-0.2, -0.15) is 0 Å². The van der Waals surface area contributed by atoms with Crippen molar-refractivity contribution in [1.29, 1.82) is 0 Å². The molecule has 2 heterocycles. The summed E-state index contributed by atoms with van der Waals surface area (Å²) < 4.78 is 0. The Kier molecular flexibility index (Phi) is 6.18. The maximum atomic E-state index is 13.5. The van der Waals surface area contributed by atoms with E-state index in [0.717, 1.165) is 37.1 Å². The van der Waals surface area contributed by atoms with Gasteiger partial charge in [-0.1, -0.05) is 55.8 Å².